The fraction of sp³-hybridized carbons (Fsp3) is 0.727. The molecule has 0 unspecified atom stereocenters. The summed E-state index contributed by atoms with van der Waals surface area (Å²) in [5.41, 5.74) is -3.18. The van der Waals surface area contributed by atoms with Crippen LogP contribution in [0.5, 0.6) is 0 Å². The molecule has 8 nitrogen and oxygen atoms in total. The Hall–Kier alpha value is -1.83. The van der Waals surface area contributed by atoms with Crippen LogP contribution in [0.4, 0.5) is 4.79 Å². The number of nitrogens with one attached hydrogen (secondary N) is 1. The highest BCUT2D eigenvalue weighted by Crippen LogP contribution is 2.13. The first-order chi connectivity index (χ1) is 8.62. The summed E-state index contributed by atoms with van der Waals surface area (Å²) in [7, 11) is 2.01. The molecule has 0 aromatic carbocycles. The average molecular weight is 277 g/mol. The zero-order chi connectivity index (χ0) is 15.3. The molecule has 0 aliphatic carbocycles. The summed E-state index contributed by atoms with van der Waals surface area (Å²) in [6.07, 6.45) is -1.06. The molecule has 0 radical (unpaired) electrons. The molecule has 0 fully saturated rings. The van der Waals surface area contributed by atoms with Gasteiger partial charge in [-0.05, 0) is 20.8 Å². The maximum absolute atomic E-state index is 11.6. The van der Waals surface area contributed by atoms with Crippen molar-refractivity contribution >= 4 is 18.0 Å². The summed E-state index contributed by atoms with van der Waals surface area (Å²) in [6.45, 7) is 3.78. The lowest BCUT2D eigenvalue weighted by Gasteiger charge is -2.28. The second kappa shape index (κ2) is 6.37. The molecule has 110 valence electrons. The van der Waals surface area contributed by atoms with Gasteiger partial charge in [0, 0.05) is 0 Å². The Balaban J connectivity index is 5.22. The van der Waals surface area contributed by atoms with E-state index in [-0.39, 0.29) is 0 Å². The van der Waals surface area contributed by atoms with E-state index in [1.54, 1.807) is 20.8 Å². The van der Waals surface area contributed by atoms with Crippen LogP contribution in [0.3, 0.4) is 0 Å². The van der Waals surface area contributed by atoms with Crippen molar-refractivity contribution in [3.05, 3.63) is 0 Å². The van der Waals surface area contributed by atoms with Gasteiger partial charge in [0.25, 0.3) is 5.54 Å². The number of rotatable bonds is 4. The Kier molecular flexibility index (Phi) is 5.76. The van der Waals surface area contributed by atoms with Crippen LogP contribution >= 0.6 is 0 Å². The zero-order valence-electron chi connectivity index (χ0n) is 11.6. The third-order valence-corrected chi connectivity index (χ3v) is 2.02. The van der Waals surface area contributed by atoms with Crippen molar-refractivity contribution in [3.63, 3.8) is 0 Å². The number of esters is 2. The highest BCUT2D eigenvalue weighted by atomic mass is 16.6. The van der Waals surface area contributed by atoms with Crippen LogP contribution in [-0.2, 0) is 23.8 Å². The van der Waals surface area contributed by atoms with Crippen LogP contribution in [0.25, 0.3) is 0 Å². The number of aliphatic hydroxyl groups excluding tert-OH is 1. The van der Waals surface area contributed by atoms with Crippen molar-refractivity contribution < 1.29 is 33.7 Å². The van der Waals surface area contributed by atoms with Crippen molar-refractivity contribution in [3.8, 4) is 0 Å². The predicted molar refractivity (Wildman–Crippen MR) is 63.2 cm³/mol. The van der Waals surface area contributed by atoms with Gasteiger partial charge < -0.3 is 19.3 Å². The minimum absolute atomic E-state index is 0.836. The number of hydrogen-bond acceptors (Lipinski definition) is 7. The Morgan fingerprint density at radius 2 is 1.47 bits per heavy atom. The van der Waals surface area contributed by atoms with Crippen molar-refractivity contribution in [2.45, 2.75) is 31.9 Å². The Morgan fingerprint density at radius 1 is 1.05 bits per heavy atom. The van der Waals surface area contributed by atoms with Gasteiger partial charge in [0.1, 0.15) is 5.60 Å². The van der Waals surface area contributed by atoms with E-state index in [1.807, 2.05) is 5.32 Å². The monoisotopic (exact) mass is 277 g/mol. The average Bonchev–Trinajstić information content (AvgIpc) is 2.31. The van der Waals surface area contributed by atoms with Gasteiger partial charge in [-0.25, -0.2) is 14.4 Å². The second-order valence-electron chi connectivity index (χ2n) is 4.67. The topological polar surface area (TPSA) is 111 Å². The molecule has 0 aliphatic heterocycles. The molecule has 19 heavy (non-hydrogen) atoms. The van der Waals surface area contributed by atoms with E-state index in [0.29, 0.717) is 0 Å². The molecule has 0 atom stereocenters. The van der Waals surface area contributed by atoms with E-state index in [9.17, 15) is 19.5 Å². The molecule has 0 aliphatic rings. The molecule has 0 aromatic rings. The maximum Gasteiger partial charge on any atom is 0.409 e. The number of ether oxygens (including phenoxy) is 3. The molecule has 0 saturated heterocycles. The van der Waals surface area contributed by atoms with Crippen LogP contribution in [0.15, 0.2) is 0 Å². The van der Waals surface area contributed by atoms with Gasteiger partial charge in [0.2, 0.25) is 0 Å². The normalized spacial score (nSPS) is 11.5. The number of aliphatic hydroxyl groups is 1. The van der Waals surface area contributed by atoms with E-state index < -0.39 is 35.8 Å². The predicted octanol–water partition coefficient (Wildman–Crippen LogP) is -0.412. The summed E-state index contributed by atoms with van der Waals surface area (Å²) in [5, 5.41) is 11.2. The molecule has 2 N–H and O–H groups in total. The number of alkyl carbamates (subject to hydrolysis) is 1. The first kappa shape index (κ1) is 17.2. The molecule has 1 amide bonds. The summed E-state index contributed by atoms with van der Waals surface area (Å²) in [5.74, 6) is -2.32. The summed E-state index contributed by atoms with van der Waals surface area (Å²) in [6, 6.07) is 0. The fourth-order valence-electron chi connectivity index (χ4n) is 1.18. The highest BCUT2D eigenvalue weighted by Gasteiger charge is 2.50. The van der Waals surface area contributed by atoms with Gasteiger partial charge in [-0.15, -0.1) is 0 Å². The van der Waals surface area contributed by atoms with Crippen LogP contribution < -0.4 is 5.32 Å². The highest BCUT2D eigenvalue weighted by molar-refractivity contribution is 6.07. The molecular formula is C11H19NO7. The van der Waals surface area contributed by atoms with E-state index in [1.165, 1.54) is 0 Å². The second-order valence-corrected chi connectivity index (χ2v) is 4.67. The molecule has 0 aromatic heterocycles. The maximum atomic E-state index is 11.6. The first-order valence-electron chi connectivity index (χ1n) is 5.42. The van der Waals surface area contributed by atoms with E-state index in [0.717, 1.165) is 14.2 Å². The smallest absolute Gasteiger partial charge is 0.409 e. The quantitative estimate of drug-likeness (QED) is 0.408. The zero-order valence-corrected chi connectivity index (χ0v) is 11.6. The fourth-order valence-corrected chi connectivity index (χ4v) is 1.18. The van der Waals surface area contributed by atoms with Crippen molar-refractivity contribution in [2.24, 2.45) is 0 Å². The van der Waals surface area contributed by atoms with Gasteiger partial charge in [-0.2, -0.15) is 0 Å². The molecule has 8 heteroatoms. The van der Waals surface area contributed by atoms with Crippen molar-refractivity contribution in [1.29, 1.82) is 0 Å². The Bertz CT molecular complexity index is 343. The number of carbonyl (C=O) groups excluding carboxylic acids is 3. The number of amides is 1. The lowest BCUT2D eigenvalue weighted by Crippen LogP contribution is -2.64. The number of hydrogen-bond donors (Lipinski definition) is 2. The largest absolute Gasteiger partial charge is 0.467 e. The first-order valence-corrected chi connectivity index (χ1v) is 5.42. The van der Waals surface area contributed by atoms with Gasteiger partial charge in [0.15, 0.2) is 0 Å². The molecule has 0 saturated carbocycles. The SMILES string of the molecule is COC(=O)C(CO)(NC(=O)OC(C)(C)C)C(=O)OC. The standard InChI is InChI=1S/C11H19NO7/c1-10(2,3)19-9(16)12-11(6-13,7(14)17-4)8(15)18-5/h13H,6H2,1-5H3,(H,12,16). The Morgan fingerprint density at radius 3 is 1.74 bits per heavy atom. The van der Waals surface area contributed by atoms with E-state index >= 15 is 0 Å². The van der Waals surface area contributed by atoms with E-state index in [4.69, 9.17) is 4.74 Å². The molecule has 0 heterocycles. The number of methoxy groups -OCH3 is 2. The van der Waals surface area contributed by atoms with Crippen LogP contribution in [0.2, 0.25) is 0 Å². The summed E-state index contributed by atoms with van der Waals surface area (Å²) < 4.78 is 13.7. The van der Waals surface area contributed by atoms with E-state index in [2.05, 4.69) is 9.47 Å². The summed E-state index contributed by atoms with van der Waals surface area (Å²) >= 11 is 0. The van der Waals surface area contributed by atoms with Crippen molar-refractivity contribution in [1.82, 2.24) is 5.32 Å². The Labute approximate surface area is 111 Å². The van der Waals surface area contributed by atoms with Crippen LogP contribution in [0, 0.1) is 0 Å². The molecular weight excluding hydrogens is 258 g/mol. The van der Waals surface area contributed by atoms with Crippen molar-refractivity contribution in [2.75, 3.05) is 20.8 Å². The van der Waals surface area contributed by atoms with Gasteiger partial charge >= 0.3 is 18.0 Å². The lowest BCUT2D eigenvalue weighted by atomic mass is 10.0. The minimum atomic E-state index is -2.34. The lowest BCUT2D eigenvalue weighted by molar-refractivity contribution is -0.165. The molecule has 0 bridgehead atoms. The summed E-state index contributed by atoms with van der Waals surface area (Å²) in [4.78, 5) is 34.8. The molecule has 0 rings (SSSR count). The van der Waals surface area contributed by atoms with Crippen LogP contribution in [0.1, 0.15) is 20.8 Å². The van der Waals surface area contributed by atoms with Gasteiger partial charge in [-0.3, -0.25) is 5.32 Å². The van der Waals surface area contributed by atoms with Gasteiger partial charge in [0.05, 0.1) is 20.8 Å². The molecule has 0 spiro atoms. The third-order valence-electron chi connectivity index (χ3n) is 2.02. The minimum Gasteiger partial charge on any atom is -0.467 e. The van der Waals surface area contributed by atoms with Gasteiger partial charge in [-0.1, -0.05) is 0 Å². The van der Waals surface area contributed by atoms with Crippen LogP contribution in [-0.4, -0.2) is 55.1 Å². The third kappa shape index (κ3) is 4.40. The number of carbonyl (C=O) groups is 3.